The van der Waals surface area contributed by atoms with Gasteiger partial charge in [0.2, 0.25) is 0 Å². The number of furan rings is 1. The molecule has 0 saturated carbocycles. The number of para-hydroxylation sites is 1. The summed E-state index contributed by atoms with van der Waals surface area (Å²) < 4.78 is 19.0. The van der Waals surface area contributed by atoms with Gasteiger partial charge in [0.15, 0.2) is 17.6 Å². The molecule has 1 aromatic carbocycles. The molecule has 86 valence electrons. The van der Waals surface area contributed by atoms with Crippen molar-refractivity contribution in [3.63, 3.8) is 0 Å². The summed E-state index contributed by atoms with van der Waals surface area (Å²) in [4.78, 5) is 8.36. The van der Waals surface area contributed by atoms with Crippen molar-refractivity contribution >= 4 is 22.1 Å². The Morgan fingerprint density at radius 1 is 1.24 bits per heavy atom. The number of rotatable bonds is 1. The third-order valence-electron chi connectivity index (χ3n) is 2.76. The smallest absolute Gasteiger partial charge is 0.175 e. The first-order valence-electron chi connectivity index (χ1n) is 5.46. The fraction of sp³-hybridized carbons (Fsp3) is 0.231. The van der Waals surface area contributed by atoms with Gasteiger partial charge in [-0.3, -0.25) is 0 Å². The van der Waals surface area contributed by atoms with Gasteiger partial charge in [-0.2, -0.15) is 0 Å². The SMILES string of the molecule is Cc1nc(C(C)F)nc2c1oc1ccccc12. The number of aryl methyl sites for hydroxylation is 1. The van der Waals surface area contributed by atoms with Crippen molar-refractivity contribution < 1.29 is 8.81 Å². The maximum absolute atomic E-state index is 13.3. The summed E-state index contributed by atoms with van der Waals surface area (Å²) in [6.07, 6.45) is -1.17. The van der Waals surface area contributed by atoms with E-state index in [-0.39, 0.29) is 5.82 Å². The van der Waals surface area contributed by atoms with Gasteiger partial charge in [0, 0.05) is 5.39 Å². The van der Waals surface area contributed by atoms with Crippen molar-refractivity contribution in [1.29, 1.82) is 0 Å². The fourth-order valence-electron chi connectivity index (χ4n) is 1.93. The highest BCUT2D eigenvalue weighted by Crippen LogP contribution is 2.29. The third-order valence-corrected chi connectivity index (χ3v) is 2.76. The lowest BCUT2D eigenvalue weighted by molar-refractivity contribution is 0.356. The van der Waals surface area contributed by atoms with Gasteiger partial charge in [-0.05, 0) is 26.0 Å². The lowest BCUT2D eigenvalue weighted by atomic mass is 10.2. The second-order valence-corrected chi connectivity index (χ2v) is 4.06. The van der Waals surface area contributed by atoms with Crippen LogP contribution in [0.25, 0.3) is 22.1 Å². The molecule has 0 aliphatic rings. The van der Waals surface area contributed by atoms with E-state index in [4.69, 9.17) is 4.42 Å². The summed E-state index contributed by atoms with van der Waals surface area (Å²) in [6.45, 7) is 3.24. The molecule has 1 unspecified atom stereocenters. The van der Waals surface area contributed by atoms with Crippen molar-refractivity contribution in [1.82, 2.24) is 9.97 Å². The number of alkyl halides is 1. The number of aromatic nitrogens is 2. The Morgan fingerprint density at radius 2 is 2.00 bits per heavy atom. The van der Waals surface area contributed by atoms with Crippen LogP contribution in [0.15, 0.2) is 28.7 Å². The van der Waals surface area contributed by atoms with E-state index in [2.05, 4.69) is 9.97 Å². The molecule has 0 aliphatic heterocycles. The van der Waals surface area contributed by atoms with Crippen LogP contribution in [0.4, 0.5) is 4.39 Å². The van der Waals surface area contributed by atoms with E-state index < -0.39 is 6.17 Å². The molecule has 0 fully saturated rings. The predicted octanol–water partition coefficient (Wildman–Crippen LogP) is 3.71. The van der Waals surface area contributed by atoms with Crippen LogP contribution in [-0.2, 0) is 0 Å². The van der Waals surface area contributed by atoms with Crippen molar-refractivity contribution in [3.8, 4) is 0 Å². The Morgan fingerprint density at radius 3 is 2.76 bits per heavy atom. The van der Waals surface area contributed by atoms with E-state index in [1.807, 2.05) is 24.3 Å². The van der Waals surface area contributed by atoms with Gasteiger partial charge in [0.05, 0.1) is 5.69 Å². The van der Waals surface area contributed by atoms with E-state index >= 15 is 0 Å². The monoisotopic (exact) mass is 230 g/mol. The fourth-order valence-corrected chi connectivity index (χ4v) is 1.93. The molecule has 0 bridgehead atoms. The van der Waals surface area contributed by atoms with Crippen molar-refractivity contribution in [3.05, 3.63) is 35.8 Å². The molecule has 3 nitrogen and oxygen atoms in total. The summed E-state index contributed by atoms with van der Waals surface area (Å²) in [5.41, 5.74) is 2.75. The van der Waals surface area contributed by atoms with Crippen LogP contribution in [-0.4, -0.2) is 9.97 Å². The zero-order valence-electron chi connectivity index (χ0n) is 9.57. The summed E-state index contributed by atoms with van der Waals surface area (Å²) in [5, 5.41) is 0.898. The minimum atomic E-state index is -1.17. The Hall–Kier alpha value is -1.97. The molecule has 0 saturated heterocycles. The topological polar surface area (TPSA) is 38.9 Å². The van der Waals surface area contributed by atoms with Gasteiger partial charge in [-0.1, -0.05) is 12.1 Å². The largest absolute Gasteiger partial charge is 0.452 e. The first kappa shape index (κ1) is 10.2. The predicted molar refractivity (Wildman–Crippen MR) is 63.6 cm³/mol. The zero-order valence-corrected chi connectivity index (χ0v) is 9.57. The highest BCUT2D eigenvalue weighted by atomic mass is 19.1. The van der Waals surface area contributed by atoms with Gasteiger partial charge >= 0.3 is 0 Å². The second-order valence-electron chi connectivity index (χ2n) is 4.06. The minimum Gasteiger partial charge on any atom is -0.452 e. The number of hydrogen-bond acceptors (Lipinski definition) is 3. The van der Waals surface area contributed by atoms with Gasteiger partial charge in [-0.15, -0.1) is 0 Å². The molecule has 1 atom stereocenters. The molecule has 3 rings (SSSR count). The standard InChI is InChI=1S/C13H11FN2O/c1-7(14)13-15-8(2)12-11(16-13)9-5-3-4-6-10(9)17-12/h3-7H,1-2H3. The van der Waals surface area contributed by atoms with Gasteiger partial charge in [0.1, 0.15) is 11.1 Å². The molecule has 0 spiro atoms. The van der Waals surface area contributed by atoms with E-state index in [0.717, 1.165) is 11.0 Å². The summed E-state index contributed by atoms with van der Waals surface area (Å²) in [7, 11) is 0. The Kier molecular flexibility index (Phi) is 2.11. The Labute approximate surface area is 97.3 Å². The average molecular weight is 230 g/mol. The lowest BCUT2D eigenvalue weighted by Crippen LogP contribution is -1.98. The molecule has 0 N–H and O–H groups in total. The number of halogens is 1. The second kappa shape index (κ2) is 3.52. The molecular weight excluding hydrogens is 219 g/mol. The summed E-state index contributed by atoms with van der Waals surface area (Å²) in [5.74, 6) is 0.210. The molecule has 0 radical (unpaired) electrons. The van der Waals surface area contributed by atoms with Crippen LogP contribution in [0.3, 0.4) is 0 Å². The molecule has 3 aromatic rings. The molecule has 4 heteroatoms. The van der Waals surface area contributed by atoms with Gasteiger partial charge in [-0.25, -0.2) is 14.4 Å². The van der Waals surface area contributed by atoms with Crippen LogP contribution in [0, 0.1) is 6.92 Å². The lowest BCUT2D eigenvalue weighted by Gasteiger charge is -2.01. The molecule has 2 heterocycles. The number of hydrogen-bond donors (Lipinski definition) is 0. The Balaban J connectivity index is 2.46. The zero-order chi connectivity index (χ0) is 12.0. The highest BCUT2D eigenvalue weighted by Gasteiger charge is 2.15. The number of nitrogens with zero attached hydrogens (tertiary/aromatic N) is 2. The molecule has 0 aliphatic carbocycles. The minimum absolute atomic E-state index is 0.210. The van der Waals surface area contributed by atoms with E-state index in [9.17, 15) is 4.39 Å². The third kappa shape index (κ3) is 1.48. The van der Waals surface area contributed by atoms with Crippen LogP contribution in [0.2, 0.25) is 0 Å². The molecule has 2 aromatic heterocycles. The van der Waals surface area contributed by atoms with Crippen LogP contribution >= 0.6 is 0 Å². The molecule has 17 heavy (non-hydrogen) atoms. The first-order valence-corrected chi connectivity index (χ1v) is 5.46. The summed E-state index contributed by atoms with van der Waals surface area (Å²) in [6, 6.07) is 7.59. The number of fused-ring (bicyclic) bond motifs is 3. The van der Waals surface area contributed by atoms with E-state index in [1.54, 1.807) is 6.92 Å². The van der Waals surface area contributed by atoms with Crippen LogP contribution in [0.1, 0.15) is 24.6 Å². The molecular formula is C13H11FN2O. The molecule has 0 amide bonds. The normalized spacial score (nSPS) is 13.4. The van der Waals surface area contributed by atoms with E-state index in [0.29, 0.717) is 16.8 Å². The van der Waals surface area contributed by atoms with Gasteiger partial charge in [0.25, 0.3) is 0 Å². The van der Waals surface area contributed by atoms with Gasteiger partial charge < -0.3 is 4.42 Å². The Bertz CT molecular complexity index is 703. The quantitative estimate of drug-likeness (QED) is 0.639. The van der Waals surface area contributed by atoms with Crippen molar-refractivity contribution in [2.24, 2.45) is 0 Å². The van der Waals surface area contributed by atoms with Crippen molar-refractivity contribution in [2.45, 2.75) is 20.0 Å². The average Bonchev–Trinajstić information content (AvgIpc) is 2.68. The summed E-state index contributed by atoms with van der Waals surface area (Å²) >= 11 is 0. The van der Waals surface area contributed by atoms with Crippen LogP contribution < -0.4 is 0 Å². The van der Waals surface area contributed by atoms with Crippen molar-refractivity contribution in [2.75, 3.05) is 0 Å². The highest BCUT2D eigenvalue weighted by molar-refractivity contribution is 6.02. The van der Waals surface area contributed by atoms with Crippen LogP contribution in [0.5, 0.6) is 0 Å². The maximum atomic E-state index is 13.3. The maximum Gasteiger partial charge on any atom is 0.175 e. The first-order chi connectivity index (χ1) is 8.16. The number of benzene rings is 1. The van der Waals surface area contributed by atoms with E-state index in [1.165, 1.54) is 6.92 Å².